The van der Waals surface area contributed by atoms with Gasteiger partial charge in [-0.1, -0.05) is 12.1 Å². The molecule has 2 N–H and O–H groups in total. The molecule has 18 heavy (non-hydrogen) atoms. The van der Waals surface area contributed by atoms with Gasteiger partial charge in [0.2, 0.25) is 5.75 Å². The molecule has 1 heterocycles. The number of ether oxygens (including phenoxy) is 1. The van der Waals surface area contributed by atoms with Crippen molar-refractivity contribution >= 4 is 27.4 Å². The van der Waals surface area contributed by atoms with E-state index < -0.39 is 4.92 Å². The summed E-state index contributed by atoms with van der Waals surface area (Å²) in [7, 11) is 0. The number of nitrogen functional groups attached to an aromatic ring is 1. The minimum Gasteiger partial charge on any atom is -0.417 e. The zero-order valence-corrected chi connectivity index (χ0v) is 10.5. The van der Waals surface area contributed by atoms with Crippen LogP contribution in [0.2, 0.25) is 0 Å². The fraction of sp³-hybridized carbons (Fsp3) is 0. The number of hydrogen-bond acceptors (Lipinski definition) is 6. The van der Waals surface area contributed by atoms with Gasteiger partial charge >= 0.3 is 11.7 Å². The van der Waals surface area contributed by atoms with Crippen molar-refractivity contribution < 1.29 is 9.66 Å². The number of halogens is 1. The molecular formula is C10H7BrN4O3. The maximum atomic E-state index is 10.8. The lowest BCUT2D eigenvalue weighted by atomic mass is 10.3. The molecule has 7 nitrogen and oxygen atoms in total. The second-order valence-corrected chi connectivity index (χ2v) is 4.04. The van der Waals surface area contributed by atoms with Crippen molar-refractivity contribution in [3.05, 3.63) is 45.0 Å². The Kier molecular flexibility index (Phi) is 3.38. The maximum absolute atomic E-state index is 10.8. The topological polar surface area (TPSA) is 104 Å². The van der Waals surface area contributed by atoms with E-state index in [9.17, 15) is 10.1 Å². The van der Waals surface area contributed by atoms with Crippen molar-refractivity contribution in [3.8, 4) is 11.8 Å². The Balaban J connectivity index is 2.37. The van der Waals surface area contributed by atoms with Crippen LogP contribution in [0, 0.1) is 10.1 Å². The first-order valence-electron chi connectivity index (χ1n) is 4.77. The molecule has 2 rings (SSSR count). The molecule has 0 aliphatic carbocycles. The van der Waals surface area contributed by atoms with E-state index in [0.29, 0.717) is 4.60 Å². The highest BCUT2D eigenvalue weighted by atomic mass is 79.9. The van der Waals surface area contributed by atoms with Gasteiger partial charge in [-0.15, -0.1) is 0 Å². The molecule has 0 spiro atoms. The minimum atomic E-state index is -0.545. The molecule has 0 saturated heterocycles. The number of para-hydroxylation sites is 2. The Bertz CT molecular complexity index is 585. The lowest BCUT2D eigenvalue weighted by Gasteiger charge is -2.05. The van der Waals surface area contributed by atoms with Gasteiger partial charge in [-0.05, 0) is 22.0 Å². The fourth-order valence-corrected chi connectivity index (χ4v) is 1.64. The molecule has 1 aromatic heterocycles. The van der Waals surface area contributed by atoms with Gasteiger partial charge in [0, 0.05) is 12.1 Å². The average molecular weight is 311 g/mol. The molecule has 0 aliphatic heterocycles. The highest BCUT2D eigenvalue weighted by Gasteiger charge is 2.15. The van der Waals surface area contributed by atoms with Gasteiger partial charge in [0.25, 0.3) is 0 Å². The molecule has 0 fully saturated rings. The Morgan fingerprint density at radius 2 is 2.06 bits per heavy atom. The molecule has 0 saturated carbocycles. The summed E-state index contributed by atoms with van der Waals surface area (Å²) < 4.78 is 5.69. The van der Waals surface area contributed by atoms with Crippen molar-refractivity contribution in [2.75, 3.05) is 5.73 Å². The van der Waals surface area contributed by atoms with E-state index in [-0.39, 0.29) is 23.3 Å². The summed E-state index contributed by atoms with van der Waals surface area (Å²) in [5, 5.41) is 10.8. The average Bonchev–Trinajstić information content (AvgIpc) is 2.27. The number of hydrogen-bond donors (Lipinski definition) is 1. The fourth-order valence-electron chi connectivity index (χ4n) is 1.25. The number of rotatable bonds is 3. The van der Waals surface area contributed by atoms with Crippen LogP contribution in [-0.2, 0) is 0 Å². The Labute approximate surface area is 110 Å². The lowest BCUT2D eigenvalue weighted by molar-refractivity contribution is -0.385. The van der Waals surface area contributed by atoms with Crippen LogP contribution in [-0.4, -0.2) is 14.9 Å². The minimum absolute atomic E-state index is 0.0556. The zero-order valence-electron chi connectivity index (χ0n) is 8.91. The summed E-state index contributed by atoms with van der Waals surface area (Å²) in [5.74, 6) is 0.255. The van der Waals surface area contributed by atoms with Gasteiger partial charge in [-0.3, -0.25) is 10.1 Å². The van der Waals surface area contributed by atoms with Crippen molar-refractivity contribution in [1.82, 2.24) is 9.97 Å². The van der Waals surface area contributed by atoms with Gasteiger partial charge in [0.1, 0.15) is 10.4 Å². The first-order valence-corrected chi connectivity index (χ1v) is 5.57. The van der Waals surface area contributed by atoms with Crippen LogP contribution >= 0.6 is 15.9 Å². The largest absolute Gasteiger partial charge is 0.417 e. The highest BCUT2D eigenvalue weighted by Crippen LogP contribution is 2.29. The van der Waals surface area contributed by atoms with Crippen LogP contribution in [0.3, 0.4) is 0 Å². The molecule has 0 aliphatic rings. The Morgan fingerprint density at radius 1 is 1.33 bits per heavy atom. The third-order valence-electron chi connectivity index (χ3n) is 1.96. The van der Waals surface area contributed by atoms with E-state index in [1.807, 2.05) is 0 Å². The molecule has 1 aromatic carbocycles. The highest BCUT2D eigenvalue weighted by molar-refractivity contribution is 9.10. The zero-order chi connectivity index (χ0) is 13.1. The quantitative estimate of drug-likeness (QED) is 0.530. The summed E-state index contributed by atoms with van der Waals surface area (Å²) in [5.41, 5.74) is 5.35. The lowest BCUT2D eigenvalue weighted by Crippen LogP contribution is -1.99. The molecule has 0 radical (unpaired) electrons. The summed E-state index contributed by atoms with van der Waals surface area (Å²) >= 11 is 3.13. The number of benzene rings is 1. The normalized spacial score (nSPS) is 10.1. The van der Waals surface area contributed by atoms with Crippen LogP contribution in [0.25, 0.3) is 0 Å². The third-order valence-corrected chi connectivity index (χ3v) is 2.36. The number of nitrogens with two attached hydrogens (primary N) is 1. The van der Waals surface area contributed by atoms with E-state index in [4.69, 9.17) is 10.5 Å². The number of nitro benzene ring substituents is 1. The van der Waals surface area contributed by atoms with Gasteiger partial charge in [0.05, 0.1) is 4.92 Å². The first kappa shape index (κ1) is 12.2. The van der Waals surface area contributed by atoms with E-state index in [1.165, 1.54) is 18.2 Å². The molecular weight excluding hydrogens is 304 g/mol. The SMILES string of the molecule is Nc1cc(Br)nc(Oc2ccccc2[N+](=O)[O-])n1. The summed E-state index contributed by atoms with van der Waals surface area (Å²) in [6.07, 6.45) is 0. The second kappa shape index (κ2) is 4.96. The van der Waals surface area contributed by atoms with Gasteiger partial charge in [0.15, 0.2) is 0 Å². The standard InChI is InChI=1S/C10H7BrN4O3/c11-8-5-9(12)14-10(13-8)18-7-4-2-1-3-6(7)15(16)17/h1-5H,(H2,12,13,14). The van der Waals surface area contributed by atoms with Crippen molar-refractivity contribution in [3.63, 3.8) is 0 Å². The van der Waals surface area contributed by atoms with Gasteiger partial charge < -0.3 is 10.5 Å². The number of anilines is 1. The van der Waals surface area contributed by atoms with Gasteiger partial charge in [-0.2, -0.15) is 9.97 Å². The van der Waals surface area contributed by atoms with Crippen molar-refractivity contribution in [2.24, 2.45) is 0 Å². The van der Waals surface area contributed by atoms with Crippen LogP contribution < -0.4 is 10.5 Å². The molecule has 92 valence electrons. The van der Waals surface area contributed by atoms with Crippen LogP contribution in [0.15, 0.2) is 34.9 Å². The molecule has 8 heteroatoms. The predicted molar refractivity (Wildman–Crippen MR) is 67.3 cm³/mol. The number of aromatic nitrogens is 2. The second-order valence-electron chi connectivity index (χ2n) is 3.23. The van der Waals surface area contributed by atoms with E-state index in [2.05, 4.69) is 25.9 Å². The number of nitrogens with zero attached hydrogens (tertiary/aromatic N) is 3. The van der Waals surface area contributed by atoms with E-state index in [0.717, 1.165) is 0 Å². The molecule has 0 bridgehead atoms. The van der Waals surface area contributed by atoms with Crippen LogP contribution in [0.4, 0.5) is 11.5 Å². The molecule has 0 atom stereocenters. The van der Waals surface area contributed by atoms with Crippen molar-refractivity contribution in [2.45, 2.75) is 0 Å². The number of nitro groups is 1. The Morgan fingerprint density at radius 3 is 2.72 bits per heavy atom. The predicted octanol–water partition coefficient (Wildman–Crippen LogP) is 2.52. The van der Waals surface area contributed by atoms with Crippen LogP contribution in [0.1, 0.15) is 0 Å². The molecule has 0 unspecified atom stereocenters. The van der Waals surface area contributed by atoms with Gasteiger partial charge in [-0.25, -0.2) is 0 Å². The maximum Gasteiger partial charge on any atom is 0.325 e. The molecule has 0 amide bonds. The molecule has 2 aromatic rings. The Hall–Kier alpha value is -2.22. The smallest absolute Gasteiger partial charge is 0.325 e. The van der Waals surface area contributed by atoms with E-state index >= 15 is 0 Å². The first-order chi connectivity index (χ1) is 8.56. The monoisotopic (exact) mass is 310 g/mol. The third kappa shape index (κ3) is 2.72. The summed E-state index contributed by atoms with van der Waals surface area (Å²) in [4.78, 5) is 18.0. The summed E-state index contributed by atoms with van der Waals surface area (Å²) in [6, 6.07) is 7.38. The van der Waals surface area contributed by atoms with Crippen molar-refractivity contribution in [1.29, 1.82) is 0 Å². The van der Waals surface area contributed by atoms with Crippen LogP contribution in [0.5, 0.6) is 11.8 Å². The summed E-state index contributed by atoms with van der Waals surface area (Å²) in [6.45, 7) is 0. The van der Waals surface area contributed by atoms with E-state index in [1.54, 1.807) is 12.1 Å².